The number of carboxylic acid groups (broad SMARTS) is 1. The summed E-state index contributed by atoms with van der Waals surface area (Å²) in [7, 11) is 5.25. The highest BCUT2D eigenvalue weighted by molar-refractivity contribution is 7.98. The molecule has 0 aromatic heterocycles. The van der Waals surface area contributed by atoms with E-state index in [2.05, 4.69) is 5.32 Å². The summed E-state index contributed by atoms with van der Waals surface area (Å²) in [4.78, 5) is 36.6. The van der Waals surface area contributed by atoms with Gasteiger partial charge in [0.15, 0.2) is 11.4 Å². The van der Waals surface area contributed by atoms with Gasteiger partial charge >= 0.3 is 12.1 Å². The minimum atomic E-state index is -2.11. The van der Waals surface area contributed by atoms with Crippen LogP contribution in [0.3, 0.4) is 0 Å². The number of rotatable bonds is 12. The van der Waals surface area contributed by atoms with Crippen LogP contribution in [0.25, 0.3) is 0 Å². The molecule has 0 radical (unpaired) electrons. The van der Waals surface area contributed by atoms with Crippen molar-refractivity contribution < 1.29 is 33.8 Å². The highest BCUT2D eigenvalue weighted by Gasteiger charge is 2.46. The molecule has 8 nitrogen and oxygen atoms in total. The summed E-state index contributed by atoms with van der Waals surface area (Å²) in [5.41, 5.74) is -1.32. The summed E-state index contributed by atoms with van der Waals surface area (Å²) < 4.78 is 5.36. The standard InChI is InChI=1S/C20H30N2O6S/c1-22(2,3)14-20(27,12-17(23)24)18(25)16(10-11-29-4)21-19(26)28-13-15-8-6-5-7-9-15/h5-9,16,27H,10-14H2,1-4H3,(H-,21,23,24,26)/p+1/t16-,20+/m0/s1. The topological polar surface area (TPSA) is 113 Å². The molecule has 1 rings (SSSR count). The van der Waals surface area contributed by atoms with Crippen LogP contribution in [0.4, 0.5) is 4.79 Å². The third-order valence-electron chi connectivity index (χ3n) is 4.07. The minimum absolute atomic E-state index is 0.0361. The average molecular weight is 428 g/mol. The van der Waals surface area contributed by atoms with Gasteiger partial charge in [0, 0.05) is 0 Å². The monoisotopic (exact) mass is 427 g/mol. The van der Waals surface area contributed by atoms with E-state index in [9.17, 15) is 24.6 Å². The van der Waals surface area contributed by atoms with Crippen molar-refractivity contribution >= 4 is 29.6 Å². The number of nitrogens with zero attached hydrogens (tertiary/aromatic N) is 1. The normalized spacial score (nSPS) is 14.5. The highest BCUT2D eigenvalue weighted by atomic mass is 32.2. The van der Waals surface area contributed by atoms with Crippen molar-refractivity contribution in [2.24, 2.45) is 0 Å². The molecule has 0 saturated heterocycles. The molecule has 2 atom stereocenters. The molecule has 9 heteroatoms. The number of carbonyl (C=O) groups is 3. The number of Topliss-reactive ketones (excluding diaryl/α,β-unsaturated/α-hetero) is 1. The molecule has 0 aliphatic carbocycles. The van der Waals surface area contributed by atoms with E-state index in [4.69, 9.17) is 4.74 Å². The van der Waals surface area contributed by atoms with Crippen molar-refractivity contribution in [2.75, 3.05) is 39.7 Å². The highest BCUT2D eigenvalue weighted by Crippen LogP contribution is 2.20. The van der Waals surface area contributed by atoms with Crippen LogP contribution in [-0.4, -0.2) is 83.9 Å². The van der Waals surface area contributed by atoms with Crippen molar-refractivity contribution in [3.05, 3.63) is 35.9 Å². The largest absolute Gasteiger partial charge is 0.481 e. The zero-order valence-electron chi connectivity index (χ0n) is 17.4. The lowest BCUT2D eigenvalue weighted by molar-refractivity contribution is -0.875. The Hall–Kier alpha value is -2.10. The smallest absolute Gasteiger partial charge is 0.408 e. The number of thioether (sulfide) groups is 1. The first kappa shape index (κ1) is 24.9. The Morgan fingerprint density at radius 3 is 2.34 bits per heavy atom. The van der Waals surface area contributed by atoms with Gasteiger partial charge in [-0.05, 0) is 24.0 Å². The number of carbonyl (C=O) groups excluding carboxylic acids is 2. The van der Waals surface area contributed by atoms with Gasteiger partial charge in [-0.15, -0.1) is 0 Å². The fourth-order valence-electron chi connectivity index (χ4n) is 2.99. The number of quaternary nitrogens is 1. The predicted octanol–water partition coefficient (Wildman–Crippen LogP) is 1.52. The molecular formula is C20H31N2O6S+. The second kappa shape index (κ2) is 11.2. The van der Waals surface area contributed by atoms with Crippen LogP contribution in [0.5, 0.6) is 0 Å². The van der Waals surface area contributed by atoms with Gasteiger partial charge in [-0.1, -0.05) is 30.3 Å². The van der Waals surface area contributed by atoms with E-state index in [0.29, 0.717) is 5.75 Å². The van der Waals surface area contributed by atoms with Gasteiger partial charge in [0.2, 0.25) is 0 Å². The van der Waals surface area contributed by atoms with E-state index < -0.39 is 35.9 Å². The van der Waals surface area contributed by atoms with E-state index >= 15 is 0 Å². The Kier molecular flexibility index (Phi) is 9.61. The van der Waals surface area contributed by atoms with Gasteiger partial charge in [0.1, 0.15) is 13.2 Å². The number of aliphatic hydroxyl groups is 1. The van der Waals surface area contributed by atoms with Crippen LogP contribution in [0.2, 0.25) is 0 Å². The first-order valence-electron chi connectivity index (χ1n) is 9.22. The molecular weight excluding hydrogens is 396 g/mol. The van der Waals surface area contributed by atoms with Crippen LogP contribution in [0, 0.1) is 0 Å². The Labute approximate surface area is 175 Å². The molecule has 1 aromatic carbocycles. The quantitative estimate of drug-likeness (QED) is 0.434. The molecule has 0 saturated carbocycles. The number of benzene rings is 1. The number of aliphatic carboxylic acids is 1. The number of hydrogen-bond acceptors (Lipinski definition) is 6. The zero-order chi connectivity index (χ0) is 22.1. The van der Waals surface area contributed by atoms with Crippen LogP contribution in [-0.2, 0) is 20.9 Å². The number of alkyl carbamates (subject to hydrolysis) is 1. The number of amides is 1. The van der Waals surface area contributed by atoms with Gasteiger partial charge in [-0.3, -0.25) is 9.59 Å². The van der Waals surface area contributed by atoms with Crippen molar-refractivity contribution in [1.82, 2.24) is 5.32 Å². The van der Waals surface area contributed by atoms with Crippen molar-refractivity contribution in [2.45, 2.75) is 31.1 Å². The first-order valence-corrected chi connectivity index (χ1v) is 10.6. The predicted molar refractivity (Wildman–Crippen MR) is 112 cm³/mol. The lowest BCUT2D eigenvalue weighted by atomic mass is 9.87. The molecule has 0 spiro atoms. The maximum atomic E-state index is 13.1. The molecule has 0 unspecified atom stereocenters. The minimum Gasteiger partial charge on any atom is -0.481 e. The molecule has 0 heterocycles. The van der Waals surface area contributed by atoms with Crippen LogP contribution in [0.1, 0.15) is 18.4 Å². The number of ether oxygens (including phenoxy) is 1. The van der Waals surface area contributed by atoms with Crippen molar-refractivity contribution in [1.29, 1.82) is 0 Å². The van der Waals surface area contributed by atoms with E-state index in [1.807, 2.05) is 24.5 Å². The second-order valence-electron chi connectivity index (χ2n) is 7.95. The Morgan fingerprint density at radius 1 is 1.21 bits per heavy atom. The molecule has 0 fully saturated rings. The third-order valence-corrected chi connectivity index (χ3v) is 4.71. The van der Waals surface area contributed by atoms with Crippen molar-refractivity contribution in [3.63, 3.8) is 0 Å². The maximum absolute atomic E-state index is 13.1. The summed E-state index contributed by atoms with van der Waals surface area (Å²) >= 11 is 1.48. The molecule has 0 bridgehead atoms. The van der Waals surface area contributed by atoms with Gasteiger partial charge in [0.25, 0.3) is 0 Å². The number of ketones is 1. The van der Waals surface area contributed by atoms with Gasteiger partial charge < -0.3 is 24.7 Å². The summed E-state index contributed by atoms with van der Waals surface area (Å²) in [5, 5.41) is 22.6. The van der Waals surface area contributed by atoms with Gasteiger partial charge in [0.05, 0.1) is 33.6 Å². The molecule has 3 N–H and O–H groups in total. The molecule has 29 heavy (non-hydrogen) atoms. The summed E-state index contributed by atoms with van der Waals surface area (Å²) in [6.07, 6.45) is 0.568. The molecule has 1 aromatic rings. The second-order valence-corrected chi connectivity index (χ2v) is 8.94. The first-order chi connectivity index (χ1) is 13.5. The Morgan fingerprint density at radius 2 is 1.83 bits per heavy atom. The summed E-state index contributed by atoms with van der Waals surface area (Å²) in [6, 6.07) is 8.03. The Bertz CT molecular complexity index is 692. The van der Waals surface area contributed by atoms with E-state index in [0.717, 1.165) is 5.56 Å². The number of likely N-dealkylation sites (N-methyl/N-ethyl adjacent to an activating group) is 1. The van der Waals surface area contributed by atoms with Crippen LogP contribution in [0.15, 0.2) is 30.3 Å². The average Bonchev–Trinajstić information content (AvgIpc) is 2.61. The summed E-state index contributed by atoms with van der Waals surface area (Å²) in [5.74, 6) is -1.47. The summed E-state index contributed by atoms with van der Waals surface area (Å²) in [6.45, 7) is -0.0664. The Balaban J connectivity index is 2.92. The SMILES string of the molecule is CSCC[C@H](NC(=O)OCc1ccccc1)C(=O)[C@@](O)(CC(=O)O)C[N+](C)(C)C. The van der Waals surface area contributed by atoms with E-state index in [1.54, 1.807) is 33.3 Å². The molecule has 0 aliphatic rings. The molecule has 0 aliphatic heterocycles. The molecule has 1 amide bonds. The van der Waals surface area contributed by atoms with E-state index in [-0.39, 0.29) is 24.1 Å². The number of hydrogen-bond donors (Lipinski definition) is 3. The molecule has 162 valence electrons. The van der Waals surface area contributed by atoms with E-state index in [1.165, 1.54) is 11.8 Å². The van der Waals surface area contributed by atoms with Crippen LogP contribution < -0.4 is 5.32 Å². The third kappa shape index (κ3) is 9.29. The fraction of sp³-hybridized carbons (Fsp3) is 0.550. The number of nitrogens with one attached hydrogen (secondary N) is 1. The zero-order valence-corrected chi connectivity index (χ0v) is 18.2. The fourth-order valence-corrected chi connectivity index (χ4v) is 3.46. The van der Waals surface area contributed by atoms with Gasteiger partial charge in [-0.2, -0.15) is 11.8 Å². The van der Waals surface area contributed by atoms with Crippen molar-refractivity contribution in [3.8, 4) is 0 Å². The lowest BCUT2D eigenvalue weighted by Crippen LogP contribution is -2.60. The van der Waals surface area contributed by atoms with Gasteiger partial charge in [-0.25, -0.2) is 4.79 Å². The maximum Gasteiger partial charge on any atom is 0.408 e. The number of carboxylic acids is 1. The van der Waals surface area contributed by atoms with Crippen LogP contribution >= 0.6 is 11.8 Å². The lowest BCUT2D eigenvalue weighted by Gasteiger charge is -2.35.